The second-order valence-corrected chi connectivity index (χ2v) is 9.70. The van der Waals surface area contributed by atoms with Gasteiger partial charge in [-0.25, -0.2) is 0 Å². The zero-order chi connectivity index (χ0) is 10.9. The maximum Gasteiger partial charge on any atom is 0.293 e. The van der Waals surface area contributed by atoms with Gasteiger partial charge in [-0.2, -0.15) is 0 Å². The minimum absolute atomic E-state index is 0.201. The molecule has 0 aliphatic heterocycles. The van der Waals surface area contributed by atoms with Crippen LogP contribution in [0.15, 0.2) is 30.3 Å². The normalized spacial score (nSPS) is 11.7. The highest BCUT2D eigenvalue weighted by atomic mass is 29.2. The third-order valence-electron chi connectivity index (χ3n) is 2.22. The van der Waals surface area contributed by atoms with Gasteiger partial charge in [0.1, 0.15) is 0 Å². The van der Waals surface area contributed by atoms with Gasteiger partial charge in [0, 0.05) is 13.2 Å². The molecule has 0 saturated heterocycles. The van der Waals surface area contributed by atoms with E-state index in [9.17, 15) is 0 Å². The van der Waals surface area contributed by atoms with E-state index in [2.05, 4.69) is 44.2 Å². The van der Waals surface area contributed by atoms with Crippen molar-refractivity contribution < 1.29 is 8.85 Å². The second kappa shape index (κ2) is 7.81. The van der Waals surface area contributed by atoms with Gasteiger partial charge in [-0.05, 0) is 19.9 Å². The van der Waals surface area contributed by atoms with Gasteiger partial charge in [0.25, 0.3) is 8.80 Å². The lowest BCUT2D eigenvalue weighted by molar-refractivity contribution is 0.230. The minimum Gasteiger partial charge on any atom is -0.400 e. The van der Waals surface area contributed by atoms with E-state index in [0.717, 1.165) is 13.2 Å². The Labute approximate surface area is 96.1 Å². The van der Waals surface area contributed by atoms with Crippen molar-refractivity contribution in [3.05, 3.63) is 35.9 Å². The Balaban J connectivity index is 2.33. The second-order valence-electron chi connectivity index (χ2n) is 3.36. The summed E-state index contributed by atoms with van der Waals surface area (Å²) >= 11 is 0. The number of benzene rings is 1. The average Bonchev–Trinajstić information content (AvgIpc) is 2.28. The molecule has 0 heterocycles. The van der Waals surface area contributed by atoms with Crippen molar-refractivity contribution in [1.29, 1.82) is 0 Å². The molecule has 0 N–H and O–H groups in total. The molecule has 1 aromatic rings. The molecule has 0 atom stereocenters. The van der Waals surface area contributed by atoms with Crippen LogP contribution in [0.5, 0.6) is 0 Å². The molecule has 0 bridgehead atoms. The van der Waals surface area contributed by atoms with Gasteiger partial charge in [0.15, 0.2) is 0 Å². The highest BCUT2D eigenvalue weighted by molar-refractivity contribution is 7.05. The zero-order valence-electron chi connectivity index (χ0n) is 9.61. The van der Waals surface area contributed by atoms with Gasteiger partial charge >= 0.3 is 0 Å². The maximum absolute atomic E-state index is 5.68. The molecule has 0 amide bonds. The summed E-state index contributed by atoms with van der Waals surface area (Å²) in [6.45, 7) is 5.71. The largest absolute Gasteiger partial charge is 0.400 e. The molecule has 0 radical (unpaired) electrons. The molecule has 2 nitrogen and oxygen atoms in total. The molecule has 84 valence electrons. The zero-order valence-corrected chi connectivity index (χ0v) is 12.2. The summed E-state index contributed by atoms with van der Waals surface area (Å²) in [5.74, 6) is 0. The molecular weight excluding hydrogens is 220 g/mol. The molecule has 0 spiro atoms. The van der Waals surface area contributed by atoms with E-state index >= 15 is 0 Å². The maximum atomic E-state index is 5.68. The third kappa shape index (κ3) is 5.27. The standard InChI is InChI=1S/C11H20O2Si2/c1-3-12-15(13-4-2)14-10-11-8-6-5-7-9-11/h5-9,15H,3-4,10,14H2,1-2H3. The van der Waals surface area contributed by atoms with Crippen molar-refractivity contribution in [3.8, 4) is 0 Å². The highest BCUT2D eigenvalue weighted by Crippen LogP contribution is 2.00. The fourth-order valence-electron chi connectivity index (χ4n) is 1.52. The van der Waals surface area contributed by atoms with Crippen LogP contribution in [0.4, 0.5) is 0 Å². The number of hydrogen-bond acceptors (Lipinski definition) is 2. The van der Waals surface area contributed by atoms with E-state index in [4.69, 9.17) is 8.85 Å². The van der Waals surface area contributed by atoms with Crippen molar-refractivity contribution >= 4 is 17.8 Å². The van der Waals surface area contributed by atoms with Gasteiger partial charge in [-0.1, -0.05) is 35.9 Å². The van der Waals surface area contributed by atoms with Crippen LogP contribution in [-0.4, -0.2) is 31.1 Å². The summed E-state index contributed by atoms with van der Waals surface area (Å²) in [4.78, 5) is 0. The average molecular weight is 240 g/mol. The fourth-order valence-corrected chi connectivity index (χ4v) is 7.71. The number of rotatable bonds is 7. The molecule has 1 rings (SSSR count). The molecule has 0 unspecified atom stereocenters. The molecule has 0 aromatic heterocycles. The van der Waals surface area contributed by atoms with Crippen molar-refractivity contribution in [2.45, 2.75) is 19.9 Å². The lowest BCUT2D eigenvalue weighted by Crippen LogP contribution is -2.32. The van der Waals surface area contributed by atoms with Crippen molar-refractivity contribution in [2.75, 3.05) is 13.2 Å². The first-order chi connectivity index (χ1) is 7.36. The molecule has 0 saturated carbocycles. The first kappa shape index (κ1) is 12.6. The monoisotopic (exact) mass is 240 g/mol. The Kier molecular flexibility index (Phi) is 6.58. The molecule has 0 fully saturated rings. The van der Waals surface area contributed by atoms with Crippen LogP contribution >= 0.6 is 0 Å². The first-order valence-corrected chi connectivity index (χ1v) is 10.8. The van der Waals surface area contributed by atoms with E-state index in [1.165, 1.54) is 11.6 Å². The lowest BCUT2D eigenvalue weighted by Gasteiger charge is -2.14. The lowest BCUT2D eigenvalue weighted by atomic mass is 10.2. The first-order valence-electron chi connectivity index (χ1n) is 5.64. The molecule has 1 aromatic carbocycles. The Hall–Kier alpha value is -0.426. The SMILES string of the molecule is CCO[SiH](OCC)[SiH2]Cc1ccccc1. The van der Waals surface area contributed by atoms with Gasteiger partial charge in [-0.15, -0.1) is 0 Å². The van der Waals surface area contributed by atoms with Gasteiger partial charge in [-0.3, -0.25) is 0 Å². The van der Waals surface area contributed by atoms with Crippen molar-refractivity contribution in [1.82, 2.24) is 0 Å². The molecular formula is C11H20O2Si2. The summed E-state index contributed by atoms with van der Waals surface area (Å²) in [6, 6.07) is 11.8. The van der Waals surface area contributed by atoms with E-state index < -0.39 is 8.80 Å². The minimum atomic E-state index is -1.26. The summed E-state index contributed by atoms with van der Waals surface area (Å²) < 4.78 is 11.4. The fraction of sp³-hybridized carbons (Fsp3) is 0.455. The summed E-state index contributed by atoms with van der Waals surface area (Å²) in [6.07, 6.45) is 0. The van der Waals surface area contributed by atoms with Crippen LogP contribution in [-0.2, 0) is 14.9 Å². The van der Waals surface area contributed by atoms with Crippen LogP contribution in [0.25, 0.3) is 0 Å². The third-order valence-corrected chi connectivity index (χ3v) is 8.66. The Morgan fingerprint density at radius 3 is 2.20 bits per heavy atom. The van der Waals surface area contributed by atoms with E-state index in [1.54, 1.807) is 0 Å². The molecule has 15 heavy (non-hydrogen) atoms. The molecule has 4 heteroatoms. The predicted molar refractivity (Wildman–Crippen MR) is 69.1 cm³/mol. The highest BCUT2D eigenvalue weighted by Gasteiger charge is 2.11. The Morgan fingerprint density at radius 1 is 1.07 bits per heavy atom. The molecule has 0 aliphatic rings. The summed E-state index contributed by atoms with van der Waals surface area (Å²) in [5, 5.41) is 0. The number of hydrogen-bond donors (Lipinski definition) is 0. The van der Waals surface area contributed by atoms with Crippen LogP contribution in [0.3, 0.4) is 0 Å². The topological polar surface area (TPSA) is 18.5 Å². The van der Waals surface area contributed by atoms with Gasteiger partial charge in [0.2, 0.25) is 0 Å². The quantitative estimate of drug-likeness (QED) is 0.666. The smallest absolute Gasteiger partial charge is 0.293 e. The van der Waals surface area contributed by atoms with Crippen LogP contribution in [0.2, 0.25) is 0 Å². The van der Waals surface area contributed by atoms with Gasteiger partial charge < -0.3 is 8.85 Å². The van der Waals surface area contributed by atoms with Crippen molar-refractivity contribution in [2.24, 2.45) is 0 Å². The van der Waals surface area contributed by atoms with Crippen LogP contribution in [0, 0.1) is 0 Å². The van der Waals surface area contributed by atoms with E-state index in [-0.39, 0.29) is 9.04 Å². The van der Waals surface area contributed by atoms with Crippen LogP contribution < -0.4 is 0 Å². The Morgan fingerprint density at radius 2 is 1.67 bits per heavy atom. The Bertz CT molecular complexity index is 248. The van der Waals surface area contributed by atoms with Crippen molar-refractivity contribution in [3.63, 3.8) is 0 Å². The van der Waals surface area contributed by atoms with Gasteiger partial charge in [0.05, 0.1) is 9.04 Å². The van der Waals surface area contributed by atoms with Crippen LogP contribution in [0.1, 0.15) is 19.4 Å². The summed E-state index contributed by atoms with van der Waals surface area (Å²) in [7, 11) is -1.47. The molecule has 0 aliphatic carbocycles. The van der Waals surface area contributed by atoms with E-state index in [1.807, 2.05) is 0 Å². The summed E-state index contributed by atoms with van der Waals surface area (Å²) in [5.41, 5.74) is 1.43. The van der Waals surface area contributed by atoms with E-state index in [0.29, 0.717) is 0 Å². The predicted octanol–water partition coefficient (Wildman–Crippen LogP) is 1.15.